The fourth-order valence-corrected chi connectivity index (χ4v) is 1.72. The second kappa shape index (κ2) is 6.32. The predicted molar refractivity (Wildman–Crippen MR) is 73.7 cm³/mol. The molecule has 5 heteroatoms. The topological polar surface area (TPSA) is 57.6 Å². The van der Waals surface area contributed by atoms with E-state index >= 15 is 0 Å². The highest BCUT2D eigenvalue weighted by Gasteiger charge is 2.39. The summed E-state index contributed by atoms with van der Waals surface area (Å²) in [7, 11) is 3.46. The molecule has 20 heavy (non-hydrogen) atoms. The predicted octanol–water partition coefficient (Wildman–Crippen LogP) is 2.10. The Morgan fingerprint density at radius 3 is 2.55 bits per heavy atom. The quantitative estimate of drug-likeness (QED) is 0.640. The van der Waals surface area contributed by atoms with Crippen LogP contribution in [0.2, 0.25) is 0 Å². The van der Waals surface area contributed by atoms with Crippen molar-refractivity contribution in [2.75, 3.05) is 14.1 Å². The summed E-state index contributed by atoms with van der Waals surface area (Å²) in [6.45, 7) is 1.35. The van der Waals surface area contributed by atoms with Gasteiger partial charge in [0.1, 0.15) is 11.2 Å². The van der Waals surface area contributed by atoms with Crippen LogP contribution in [-0.4, -0.2) is 35.9 Å². The van der Waals surface area contributed by atoms with Crippen LogP contribution in [0, 0.1) is 11.2 Å². The van der Waals surface area contributed by atoms with Crippen molar-refractivity contribution in [3.8, 4) is 0 Å². The van der Waals surface area contributed by atoms with Gasteiger partial charge in [-0.15, -0.1) is 0 Å². The van der Waals surface area contributed by atoms with E-state index in [0.717, 1.165) is 0 Å². The molecule has 1 N–H and O–H groups in total. The minimum atomic E-state index is -1.61. The van der Waals surface area contributed by atoms with Gasteiger partial charge in [0.25, 0.3) is 0 Å². The highest BCUT2D eigenvalue weighted by Crippen LogP contribution is 2.25. The minimum absolute atomic E-state index is 0.0588. The summed E-state index contributed by atoms with van der Waals surface area (Å²) in [5, 5.41) is 9.34. The molecular weight excluding hydrogens is 261 g/mol. The Labute approximate surface area is 117 Å². The van der Waals surface area contributed by atoms with Crippen molar-refractivity contribution in [2.24, 2.45) is 5.41 Å². The van der Waals surface area contributed by atoms with Gasteiger partial charge in [-0.05, 0) is 37.1 Å². The number of hydrogen-bond donors (Lipinski definition) is 1. The van der Waals surface area contributed by atoms with Crippen LogP contribution in [0.25, 0.3) is 0 Å². The van der Waals surface area contributed by atoms with E-state index in [-0.39, 0.29) is 6.42 Å². The molecule has 1 aromatic carbocycles. The van der Waals surface area contributed by atoms with E-state index in [1.165, 1.54) is 37.4 Å². The van der Waals surface area contributed by atoms with Gasteiger partial charge < -0.3 is 10.0 Å². The van der Waals surface area contributed by atoms with Crippen LogP contribution in [0.5, 0.6) is 0 Å². The largest absolute Gasteiger partial charge is 0.480 e. The molecule has 0 radical (unpaired) electrons. The molecule has 0 saturated carbocycles. The fraction of sp³-hybridized carbons (Fsp3) is 0.333. The summed E-state index contributed by atoms with van der Waals surface area (Å²) in [5.41, 5.74) is -1.14. The fourth-order valence-electron chi connectivity index (χ4n) is 1.72. The van der Waals surface area contributed by atoms with Crippen molar-refractivity contribution in [3.63, 3.8) is 0 Å². The maximum absolute atomic E-state index is 13.1. The van der Waals surface area contributed by atoms with Crippen LogP contribution in [-0.2, 0) is 16.0 Å². The second-order valence-electron chi connectivity index (χ2n) is 5.09. The number of ketones is 1. The first-order valence-electron chi connectivity index (χ1n) is 6.12. The van der Waals surface area contributed by atoms with Gasteiger partial charge in [-0.25, -0.2) is 4.39 Å². The highest BCUT2D eigenvalue weighted by molar-refractivity contribution is 6.08. The summed E-state index contributed by atoms with van der Waals surface area (Å²) >= 11 is 0. The molecule has 0 spiro atoms. The molecule has 0 aliphatic heterocycles. The van der Waals surface area contributed by atoms with Crippen LogP contribution in [0.15, 0.2) is 36.5 Å². The average molecular weight is 279 g/mol. The zero-order valence-electron chi connectivity index (χ0n) is 11.8. The SMILES string of the molecule is CN(C)/C=C/C(=O)C(C)(Cc1cccc(F)c1)C(=O)O. The monoisotopic (exact) mass is 279 g/mol. The Morgan fingerprint density at radius 2 is 2.05 bits per heavy atom. The number of carbonyl (C=O) groups is 2. The first kappa shape index (κ1) is 15.9. The maximum atomic E-state index is 13.1. The van der Waals surface area contributed by atoms with Crippen LogP contribution in [0.1, 0.15) is 12.5 Å². The van der Waals surface area contributed by atoms with Gasteiger partial charge >= 0.3 is 5.97 Å². The Kier molecular flexibility index (Phi) is 5.02. The number of allylic oxidation sites excluding steroid dienone is 1. The van der Waals surface area contributed by atoms with E-state index in [1.807, 2.05) is 0 Å². The van der Waals surface area contributed by atoms with E-state index in [2.05, 4.69) is 0 Å². The summed E-state index contributed by atoms with van der Waals surface area (Å²) in [4.78, 5) is 25.2. The van der Waals surface area contributed by atoms with E-state index < -0.39 is 23.0 Å². The zero-order chi connectivity index (χ0) is 15.3. The summed E-state index contributed by atoms with van der Waals surface area (Å²) < 4.78 is 13.1. The molecular formula is C15H18FNO3. The maximum Gasteiger partial charge on any atom is 0.317 e. The molecule has 0 saturated heterocycles. The van der Waals surface area contributed by atoms with Gasteiger partial charge in [0, 0.05) is 20.3 Å². The standard InChI is InChI=1S/C15H18FNO3/c1-15(14(19)20,13(18)7-8-17(2)3)10-11-5-4-6-12(16)9-11/h4-9H,10H2,1-3H3,(H,19,20)/b8-7+. The molecule has 0 aromatic heterocycles. The van der Waals surface area contributed by atoms with Crippen molar-refractivity contribution >= 4 is 11.8 Å². The van der Waals surface area contributed by atoms with Gasteiger partial charge in [0.2, 0.25) is 0 Å². The van der Waals surface area contributed by atoms with Crippen LogP contribution < -0.4 is 0 Å². The first-order valence-corrected chi connectivity index (χ1v) is 6.12. The normalized spacial score (nSPS) is 14.0. The number of rotatable bonds is 6. The zero-order valence-corrected chi connectivity index (χ0v) is 11.8. The number of halogens is 1. The number of carbonyl (C=O) groups excluding carboxylic acids is 1. The van der Waals surface area contributed by atoms with E-state index in [9.17, 15) is 19.1 Å². The third-order valence-corrected chi connectivity index (χ3v) is 2.99. The molecule has 1 unspecified atom stereocenters. The molecule has 0 bridgehead atoms. The third-order valence-electron chi connectivity index (χ3n) is 2.99. The Morgan fingerprint density at radius 1 is 1.40 bits per heavy atom. The molecule has 4 nitrogen and oxygen atoms in total. The Hall–Kier alpha value is -2.17. The van der Waals surface area contributed by atoms with Gasteiger partial charge in [0.15, 0.2) is 5.78 Å². The van der Waals surface area contributed by atoms with Crippen molar-refractivity contribution < 1.29 is 19.1 Å². The molecule has 0 fully saturated rings. The lowest BCUT2D eigenvalue weighted by molar-refractivity contribution is -0.152. The highest BCUT2D eigenvalue weighted by atomic mass is 19.1. The molecule has 108 valence electrons. The third kappa shape index (κ3) is 3.91. The van der Waals surface area contributed by atoms with Crippen LogP contribution in [0.4, 0.5) is 4.39 Å². The van der Waals surface area contributed by atoms with Crippen molar-refractivity contribution in [1.82, 2.24) is 4.90 Å². The van der Waals surface area contributed by atoms with Crippen LogP contribution in [0.3, 0.4) is 0 Å². The molecule has 1 aromatic rings. The number of carboxylic acid groups (broad SMARTS) is 1. The number of benzene rings is 1. The lowest BCUT2D eigenvalue weighted by Gasteiger charge is -2.22. The smallest absolute Gasteiger partial charge is 0.317 e. The molecule has 0 aliphatic rings. The summed E-state index contributed by atoms with van der Waals surface area (Å²) in [6, 6.07) is 5.61. The van der Waals surface area contributed by atoms with Crippen molar-refractivity contribution in [3.05, 3.63) is 47.9 Å². The van der Waals surface area contributed by atoms with Gasteiger partial charge in [0.05, 0.1) is 0 Å². The summed E-state index contributed by atoms with van der Waals surface area (Å²) in [6.07, 6.45) is 2.67. The van der Waals surface area contributed by atoms with Gasteiger partial charge in [-0.2, -0.15) is 0 Å². The number of aliphatic carboxylic acids is 1. The van der Waals surface area contributed by atoms with Gasteiger partial charge in [-0.3, -0.25) is 9.59 Å². The van der Waals surface area contributed by atoms with Crippen molar-refractivity contribution in [1.29, 1.82) is 0 Å². The molecule has 0 amide bonds. The lowest BCUT2D eigenvalue weighted by Crippen LogP contribution is -2.37. The molecule has 1 atom stereocenters. The molecule has 0 heterocycles. The minimum Gasteiger partial charge on any atom is -0.480 e. The first-order chi connectivity index (χ1) is 9.25. The van der Waals surface area contributed by atoms with Gasteiger partial charge in [-0.1, -0.05) is 12.1 Å². The van der Waals surface area contributed by atoms with Crippen LogP contribution >= 0.6 is 0 Å². The average Bonchev–Trinajstić information content (AvgIpc) is 2.35. The Bertz CT molecular complexity index is 540. The van der Waals surface area contributed by atoms with E-state index in [0.29, 0.717) is 5.56 Å². The number of nitrogens with zero attached hydrogens (tertiary/aromatic N) is 1. The Balaban J connectivity index is 3.03. The van der Waals surface area contributed by atoms with Crippen molar-refractivity contribution in [2.45, 2.75) is 13.3 Å². The number of carboxylic acids is 1. The van der Waals surface area contributed by atoms with E-state index in [1.54, 1.807) is 25.1 Å². The molecule has 0 aliphatic carbocycles. The summed E-state index contributed by atoms with van der Waals surface area (Å²) in [5.74, 6) is -2.20. The van der Waals surface area contributed by atoms with E-state index in [4.69, 9.17) is 0 Å². The second-order valence-corrected chi connectivity index (χ2v) is 5.09. The molecule has 1 rings (SSSR count). The lowest BCUT2D eigenvalue weighted by atomic mass is 9.79. The number of hydrogen-bond acceptors (Lipinski definition) is 3.